The van der Waals surface area contributed by atoms with E-state index in [1.165, 1.54) is 21.0 Å². The van der Waals surface area contributed by atoms with E-state index in [4.69, 9.17) is 60.6 Å². The van der Waals surface area contributed by atoms with Gasteiger partial charge in [-0.15, -0.1) is 0 Å². The molecule has 0 radical (unpaired) electrons. The molecule has 5 heterocycles. The van der Waals surface area contributed by atoms with Gasteiger partial charge in [-0.3, -0.25) is 23.9 Å². The largest absolute Gasteiger partial charge is 0.495 e. The predicted molar refractivity (Wildman–Crippen MR) is 239 cm³/mol. The second-order valence-electron chi connectivity index (χ2n) is 16.9. The first kappa shape index (κ1) is 52.4. The minimum absolute atomic E-state index is 0.0808. The van der Waals surface area contributed by atoms with Crippen molar-refractivity contribution in [3.63, 3.8) is 0 Å². The van der Waals surface area contributed by atoms with Crippen LogP contribution in [0.4, 0.5) is 26.3 Å². The zero-order chi connectivity index (χ0) is 49.1. The van der Waals surface area contributed by atoms with Crippen molar-refractivity contribution in [2.75, 3.05) is 79.9 Å². The van der Waals surface area contributed by atoms with Gasteiger partial charge in [0.2, 0.25) is 11.8 Å². The van der Waals surface area contributed by atoms with Crippen molar-refractivity contribution in [1.29, 1.82) is 0 Å². The normalized spacial score (nSPS) is 17.8. The van der Waals surface area contributed by atoms with Crippen molar-refractivity contribution in [2.24, 2.45) is 0 Å². The maximum absolute atomic E-state index is 13.2. The molecule has 0 bridgehead atoms. The highest BCUT2D eigenvalue weighted by atomic mass is 35.5. The molecule has 67 heavy (non-hydrogen) atoms. The van der Waals surface area contributed by atoms with Gasteiger partial charge in [0.05, 0.1) is 65.5 Å². The van der Waals surface area contributed by atoms with Gasteiger partial charge < -0.3 is 29.1 Å². The maximum atomic E-state index is 13.2. The topological polar surface area (TPSA) is 127 Å². The number of methoxy groups -OCH3 is 2. The Morgan fingerprint density at radius 2 is 1.06 bits per heavy atom. The average molecular weight is 1030 g/mol. The summed E-state index contributed by atoms with van der Waals surface area (Å²) >= 11 is 24.0. The number of piperidine rings is 2. The number of nitrogens with zero attached hydrogens (tertiary/aromatic N) is 7. The molecule has 23 heteroatoms. The summed E-state index contributed by atoms with van der Waals surface area (Å²) in [5.41, 5.74) is -1.03. The van der Waals surface area contributed by atoms with E-state index < -0.39 is 39.2 Å². The van der Waals surface area contributed by atoms with E-state index in [0.717, 1.165) is 40.1 Å². The minimum Gasteiger partial charge on any atom is -0.495 e. The van der Waals surface area contributed by atoms with Gasteiger partial charge in [0.15, 0.2) is 11.4 Å². The second kappa shape index (κ2) is 21.3. The van der Waals surface area contributed by atoms with Crippen LogP contribution in [0.1, 0.15) is 59.6 Å². The first-order valence-electron chi connectivity index (χ1n) is 21.3. The Bertz CT molecular complexity index is 2390. The highest BCUT2D eigenvalue weighted by molar-refractivity contribution is 6.33. The number of hydrogen-bond acceptors (Lipinski definition) is 9. The van der Waals surface area contributed by atoms with Crippen LogP contribution in [0.2, 0.25) is 20.1 Å². The van der Waals surface area contributed by atoms with Crippen LogP contribution in [0.3, 0.4) is 0 Å². The van der Waals surface area contributed by atoms with Gasteiger partial charge in [0.1, 0.15) is 24.6 Å². The highest BCUT2D eigenvalue weighted by Gasteiger charge is 2.43. The number of ether oxygens (including phenoxy) is 3. The van der Waals surface area contributed by atoms with Crippen LogP contribution in [0.25, 0.3) is 0 Å². The summed E-state index contributed by atoms with van der Waals surface area (Å²) < 4.78 is 96.7. The van der Waals surface area contributed by atoms with Crippen molar-refractivity contribution in [3.05, 3.63) is 90.4 Å². The number of rotatable bonds is 11. The van der Waals surface area contributed by atoms with E-state index in [0.29, 0.717) is 86.6 Å². The van der Waals surface area contributed by atoms with Crippen LogP contribution < -0.4 is 9.47 Å². The van der Waals surface area contributed by atoms with Gasteiger partial charge in [-0.2, -0.15) is 36.5 Å². The first-order valence-corrected chi connectivity index (χ1v) is 22.8. The number of hydrogen-bond donors (Lipinski definition) is 1. The van der Waals surface area contributed by atoms with Gasteiger partial charge >= 0.3 is 12.4 Å². The van der Waals surface area contributed by atoms with E-state index in [1.807, 2.05) is 24.3 Å². The molecule has 0 unspecified atom stereocenters. The number of carbonyl (C=O) groups excluding carboxylic acids is 2. The van der Waals surface area contributed by atoms with Crippen LogP contribution in [0, 0.1) is 13.8 Å². The average Bonchev–Trinajstić information content (AvgIpc) is 3.76. The molecule has 2 aromatic heterocycles. The maximum Gasteiger partial charge on any atom is 0.436 e. The summed E-state index contributed by atoms with van der Waals surface area (Å²) in [4.78, 5) is 31.4. The minimum atomic E-state index is -4.69. The Morgan fingerprint density at radius 3 is 1.42 bits per heavy atom. The number of benzene rings is 2. The lowest BCUT2D eigenvalue weighted by molar-refractivity contribution is -0.142. The van der Waals surface area contributed by atoms with Crippen LogP contribution in [-0.4, -0.2) is 131 Å². The Kier molecular flexibility index (Phi) is 16.7. The lowest BCUT2D eigenvalue weighted by Crippen LogP contribution is -2.52. The quantitative estimate of drug-likeness (QED) is 0.147. The Morgan fingerprint density at radius 1 is 0.672 bits per heavy atom. The van der Waals surface area contributed by atoms with Gasteiger partial charge in [0, 0.05) is 56.6 Å². The Hall–Kier alpha value is -3.98. The number of halogens is 10. The molecule has 7 rings (SSSR count). The molecule has 3 fully saturated rings. The number of aliphatic hydroxyl groups is 1. The fourth-order valence-electron chi connectivity index (χ4n) is 8.79. The van der Waals surface area contributed by atoms with Crippen LogP contribution in [0.15, 0.2) is 36.4 Å². The van der Waals surface area contributed by atoms with Crippen LogP contribution in [0.5, 0.6) is 11.5 Å². The summed E-state index contributed by atoms with van der Waals surface area (Å²) in [6, 6.07) is 11.1. The van der Waals surface area contributed by atoms with Gasteiger partial charge in [0.25, 0.3) is 0 Å². The summed E-state index contributed by atoms with van der Waals surface area (Å²) in [6.45, 7) is 7.47. The zero-order valence-corrected chi connectivity index (χ0v) is 40.2. The van der Waals surface area contributed by atoms with Crippen molar-refractivity contribution in [1.82, 2.24) is 34.3 Å². The van der Waals surface area contributed by atoms with E-state index in [-0.39, 0.29) is 48.3 Å². The lowest BCUT2D eigenvalue weighted by atomic mass is 9.72. The second-order valence-corrected chi connectivity index (χ2v) is 18.4. The highest BCUT2D eigenvalue weighted by Crippen LogP contribution is 2.42. The van der Waals surface area contributed by atoms with Crippen molar-refractivity contribution < 1.29 is 55.2 Å². The number of aliphatic hydroxyl groups excluding tert-OH is 1. The molecule has 3 saturated heterocycles. The zero-order valence-electron chi connectivity index (χ0n) is 37.2. The number of amides is 2. The third-order valence-electron chi connectivity index (χ3n) is 13.0. The molecule has 2 amide bonds. The SMILES string of the molecule is COc1cc(C2(CN3CCOCC3)CCN(C(=O)Cn3nc(C(F)(F)F)c(Cl)c3C)CC2)ccc1Cl.COc1cc(C2(CO)CCN(C(=O)Cn3nc(C(F)(F)F)c(Cl)c3C)CC2)ccc1Cl. The van der Waals surface area contributed by atoms with E-state index in [9.17, 15) is 41.0 Å². The molecule has 0 aliphatic carbocycles. The van der Waals surface area contributed by atoms with Gasteiger partial charge in [-0.05, 0) is 74.9 Å². The standard InChI is InChI=1S/C24H29Cl2F3N4O3.C20H22Cl2F3N3O3/c1-16-21(26)22(24(27,28)29)30-33(16)14-20(34)32-7-5-23(6-8-32,15-31-9-11-36-12-10-31)17-3-4-18(25)19(13-17)35-2;1-12-17(22)18(20(23,24)25)26-28(12)10-16(30)27-7-5-19(11-29,6-8-27)13-3-4-14(21)15(9-13)31-2/h3-4,13H,5-12,14-15H2,1-2H3;3-4,9,29H,5-8,10-11H2,1-2H3. The summed E-state index contributed by atoms with van der Waals surface area (Å²) in [5, 5.41) is 17.2. The van der Waals surface area contributed by atoms with Crippen molar-refractivity contribution >= 4 is 58.2 Å². The third kappa shape index (κ3) is 11.7. The fourth-order valence-corrected chi connectivity index (χ4v) is 9.66. The monoisotopic (exact) mass is 1030 g/mol. The van der Waals surface area contributed by atoms with E-state index >= 15 is 0 Å². The van der Waals surface area contributed by atoms with Gasteiger partial charge in [-0.1, -0.05) is 58.5 Å². The molecular formula is C44H51Cl4F6N7O6. The third-order valence-corrected chi connectivity index (χ3v) is 14.5. The van der Waals surface area contributed by atoms with E-state index in [2.05, 4.69) is 15.1 Å². The molecule has 0 atom stereocenters. The summed E-state index contributed by atoms with van der Waals surface area (Å²) in [7, 11) is 3.08. The molecule has 3 aliphatic heterocycles. The number of carbonyl (C=O) groups is 2. The molecule has 2 aromatic carbocycles. The number of morpholine rings is 1. The molecule has 0 spiro atoms. The van der Waals surface area contributed by atoms with Crippen molar-refractivity contribution in [2.45, 2.75) is 75.8 Å². The van der Waals surface area contributed by atoms with Crippen LogP contribution in [-0.2, 0) is 50.6 Å². The van der Waals surface area contributed by atoms with Gasteiger partial charge in [-0.25, -0.2) is 0 Å². The molecule has 3 aliphatic rings. The summed E-state index contributed by atoms with van der Waals surface area (Å²) in [5.74, 6) is 0.438. The number of alkyl halides is 6. The Balaban J connectivity index is 0.000000224. The number of aromatic nitrogens is 4. The van der Waals surface area contributed by atoms with Crippen LogP contribution >= 0.6 is 46.4 Å². The lowest BCUT2D eigenvalue weighted by Gasteiger charge is -2.45. The molecule has 0 saturated carbocycles. The first-order chi connectivity index (χ1) is 31.6. The molecule has 1 N–H and O–H groups in total. The molecule has 13 nitrogen and oxygen atoms in total. The Labute approximate surface area is 403 Å². The molecular weight excluding hydrogens is 978 g/mol. The predicted octanol–water partition coefficient (Wildman–Crippen LogP) is 8.50. The summed E-state index contributed by atoms with van der Waals surface area (Å²) in [6.07, 6.45) is -7.04. The molecule has 368 valence electrons. The molecule has 4 aromatic rings. The fraction of sp³-hybridized carbons (Fsp3) is 0.545. The van der Waals surface area contributed by atoms with Crippen molar-refractivity contribution in [3.8, 4) is 11.5 Å². The number of likely N-dealkylation sites (tertiary alicyclic amines) is 2. The van der Waals surface area contributed by atoms with E-state index in [1.54, 1.807) is 29.0 Å². The smallest absolute Gasteiger partial charge is 0.436 e.